The van der Waals surface area contributed by atoms with E-state index in [2.05, 4.69) is 4.98 Å². The Hall–Kier alpha value is -2.40. The summed E-state index contributed by atoms with van der Waals surface area (Å²) >= 11 is 1.57. The summed E-state index contributed by atoms with van der Waals surface area (Å²) in [5.74, 6) is -1.06. The van der Waals surface area contributed by atoms with Crippen LogP contribution in [0.5, 0.6) is 5.75 Å². The molecule has 100 valence electrons. The molecule has 0 aliphatic heterocycles. The summed E-state index contributed by atoms with van der Waals surface area (Å²) in [5, 5.41) is 19.6. The Morgan fingerprint density at radius 1 is 1.20 bits per heavy atom. The highest BCUT2D eigenvalue weighted by molar-refractivity contribution is 7.18. The number of nitrogens with zero attached hydrogens (tertiary/aromatic N) is 1. The normalized spacial score (nSPS) is 10.8. The minimum absolute atomic E-state index is 0.0100. The second-order valence-corrected chi connectivity index (χ2v) is 5.52. The molecule has 2 aromatic carbocycles. The molecule has 0 amide bonds. The summed E-state index contributed by atoms with van der Waals surface area (Å²) in [5.41, 5.74) is 1.69. The summed E-state index contributed by atoms with van der Waals surface area (Å²) < 4.78 is 1.10. The number of aromatic hydroxyl groups is 1. The molecule has 5 heteroatoms. The van der Waals surface area contributed by atoms with Crippen LogP contribution in [0.2, 0.25) is 0 Å². The van der Waals surface area contributed by atoms with E-state index in [0.29, 0.717) is 12.0 Å². The largest absolute Gasteiger partial charge is 0.508 e. The van der Waals surface area contributed by atoms with Crippen molar-refractivity contribution in [2.45, 2.75) is 6.42 Å². The number of carboxylic acid groups (broad SMARTS) is 1. The number of para-hydroxylation sites is 1. The van der Waals surface area contributed by atoms with Gasteiger partial charge in [-0.2, -0.15) is 0 Å². The second kappa shape index (κ2) is 4.94. The van der Waals surface area contributed by atoms with Gasteiger partial charge < -0.3 is 10.2 Å². The highest BCUT2D eigenvalue weighted by atomic mass is 32.1. The Bertz CT molecular complexity index is 762. The van der Waals surface area contributed by atoms with Crippen LogP contribution in [0.25, 0.3) is 10.2 Å². The molecule has 0 fully saturated rings. The van der Waals surface area contributed by atoms with Gasteiger partial charge in [-0.25, -0.2) is 9.78 Å². The Balaban J connectivity index is 1.92. The fraction of sp³-hybridized carbons (Fsp3) is 0.0667. The number of carbonyl (C=O) groups is 1. The van der Waals surface area contributed by atoms with E-state index in [1.807, 2.05) is 24.3 Å². The predicted molar refractivity (Wildman–Crippen MR) is 77.5 cm³/mol. The van der Waals surface area contributed by atoms with Crippen LogP contribution in [0.3, 0.4) is 0 Å². The van der Waals surface area contributed by atoms with Gasteiger partial charge in [-0.3, -0.25) is 0 Å². The van der Waals surface area contributed by atoms with Crippen molar-refractivity contribution in [2.24, 2.45) is 0 Å². The average Bonchev–Trinajstić information content (AvgIpc) is 2.83. The summed E-state index contributed by atoms with van der Waals surface area (Å²) in [4.78, 5) is 15.3. The number of hydrogen-bond donors (Lipinski definition) is 2. The number of rotatable bonds is 3. The van der Waals surface area contributed by atoms with E-state index in [1.165, 1.54) is 12.1 Å². The van der Waals surface area contributed by atoms with Gasteiger partial charge in [0, 0.05) is 12.0 Å². The maximum absolute atomic E-state index is 10.8. The first-order chi connectivity index (χ1) is 9.63. The summed E-state index contributed by atoms with van der Waals surface area (Å²) in [7, 11) is 0. The smallest absolute Gasteiger partial charge is 0.335 e. The first-order valence-electron chi connectivity index (χ1n) is 6.03. The Morgan fingerprint density at radius 3 is 2.70 bits per heavy atom. The van der Waals surface area contributed by atoms with Gasteiger partial charge in [0.1, 0.15) is 5.75 Å². The topological polar surface area (TPSA) is 70.4 Å². The molecule has 0 radical (unpaired) electrons. The molecule has 0 aliphatic carbocycles. The maximum Gasteiger partial charge on any atom is 0.335 e. The number of benzene rings is 2. The Kier molecular flexibility index (Phi) is 3.12. The predicted octanol–water partition coefficient (Wildman–Crippen LogP) is 3.29. The molecule has 0 aliphatic rings. The standard InChI is InChI=1S/C15H11NO3S/c17-12-7-10(15(18)19)6-5-9(12)8-14-16-11-3-1-2-4-13(11)20-14/h1-7,17H,8H2,(H,18,19). The van der Waals surface area contributed by atoms with E-state index in [0.717, 1.165) is 15.2 Å². The SMILES string of the molecule is O=C(O)c1ccc(Cc2nc3ccccc3s2)c(O)c1. The molecule has 1 aromatic heterocycles. The van der Waals surface area contributed by atoms with Crippen molar-refractivity contribution in [1.29, 1.82) is 0 Å². The van der Waals surface area contributed by atoms with Crippen molar-refractivity contribution >= 4 is 27.5 Å². The summed E-state index contributed by atoms with van der Waals surface area (Å²) in [6.07, 6.45) is 0.491. The molecule has 0 unspecified atom stereocenters. The third-order valence-corrected chi connectivity index (χ3v) is 4.05. The number of phenols is 1. The fourth-order valence-corrected chi connectivity index (χ4v) is 3.00. The van der Waals surface area contributed by atoms with Crippen LogP contribution >= 0.6 is 11.3 Å². The van der Waals surface area contributed by atoms with Crippen molar-refractivity contribution in [2.75, 3.05) is 0 Å². The first kappa shape index (κ1) is 12.6. The minimum atomic E-state index is -1.05. The lowest BCUT2D eigenvalue weighted by Gasteiger charge is -2.03. The lowest BCUT2D eigenvalue weighted by atomic mass is 10.1. The highest BCUT2D eigenvalue weighted by Crippen LogP contribution is 2.27. The summed E-state index contributed by atoms with van der Waals surface area (Å²) in [6.45, 7) is 0. The lowest BCUT2D eigenvalue weighted by molar-refractivity contribution is 0.0696. The zero-order chi connectivity index (χ0) is 14.1. The van der Waals surface area contributed by atoms with E-state index in [1.54, 1.807) is 17.4 Å². The molecule has 0 saturated heterocycles. The molecular weight excluding hydrogens is 274 g/mol. The van der Waals surface area contributed by atoms with Gasteiger partial charge in [-0.1, -0.05) is 18.2 Å². The van der Waals surface area contributed by atoms with Crippen LogP contribution in [0, 0.1) is 0 Å². The molecule has 3 rings (SSSR count). The van der Waals surface area contributed by atoms with Gasteiger partial charge in [-0.05, 0) is 24.3 Å². The molecular formula is C15H11NO3S. The van der Waals surface area contributed by atoms with Gasteiger partial charge >= 0.3 is 5.97 Å². The molecule has 3 aromatic rings. The van der Waals surface area contributed by atoms with Crippen molar-refractivity contribution in [3.05, 3.63) is 58.6 Å². The van der Waals surface area contributed by atoms with E-state index in [4.69, 9.17) is 5.11 Å². The van der Waals surface area contributed by atoms with Crippen molar-refractivity contribution in [3.63, 3.8) is 0 Å². The number of carboxylic acids is 1. The molecule has 0 saturated carbocycles. The summed E-state index contributed by atoms with van der Waals surface area (Å²) in [6, 6.07) is 12.2. The van der Waals surface area contributed by atoms with E-state index in [-0.39, 0.29) is 11.3 Å². The number of thiazole rings is 1. The van der Waals surface area contributed by atoms with Gasteiger partial charge in [-0.15, -0.1) is 11.3 Å². The number of phenolic OH excluding ortho intramolecular Hbond substituents is 1. The van der Waals surface area contributed by atoms with Gasteiger partial charge in [0.05, 0.1) is 20.8 Å². The van der Waals surface area contributed by atoms with Crippen molar-refractivity contribution in [3.8, 4) is 5.75 Å². The lowest BCUT2D eigenvalue weighted by Crippen LogP contribution is -1.97. The molecule has 0 atom stereocenters. The van der Waals surface area contributed by atoms with Crippen LogP contribution in [-0.4, -0.2) is 21.2 Å². The molecule has 2 N–H and O–H groups in total. The first-order valence-corrected chi connectivity index (χ1v) is 6.85. The zero-order valence-corrected chi connectivity index (χ0v) is 11.2. The van der Waals surface area contributed by atoms with Crippen LogP contribution in [0.15, 0.2) is 42.5 Å². The number of hydrogen-bond acceptors (Lipinski definition) is 4. The molecule has 1 heterocycles. The highest BCUT2D eigenvalue weighted by Gasteiger charge is 2.10. The zero-order valence-electron chi connectivity index (χ0n) is 10.4. The minimum Gasteiger partial charge on any atom is -0.508 e. The van der Waals surface area contributed by atoms with E-state index >= 15 is 0 Å². The number of fused-ring (bicyclic) bond motifs is 1. The Labute approximate surface area is 119 Å². The van der Waals surface area contributed by atoms with Crippen LogP contribution in [0.1, 0.15) is 20.9 Å². The average molecular weight is 285 g/mol. The third-order valence-electron chi connectivity index (χ3n) is 3.01. The third kappa shape index (κ3) is 2.35. The maximum atomic E-state index is 10.8. The fourth-order valence-electron chi connectivity index (χ4n) is 2.00. The molecule has 4 nitrogen and oxygen atoms in total. The molecule has 0 spiro atoms. The number of aromatic nitrogens is 1. The van der Waals surface area contributed by atoms with Gasteiger partial charge in [0.25, 0.3) is 0 Å². The van der Waals surface area contributed by atoms with Crippen LogP contribution in [-0.2, 0) is 6.42 Å². The molecule has 0 bridgehead atoms. The Morgan fingerprint density at radius 2 is 2.00 bits per heavy atom. The van der Waals surface area contributed by atoms with Gasteiger partial charge in [0.2, 0.25) is 0 Å². The van der Waals surface area contributed by atoms with Crippen LogP contribution in [0.4, 0.5) is 0 Å². The molecule has 20 heavy (non-hydrogen) atoms. The van der Waals surface area contributed by atoms with E-state index in [9.17, 15) is 9.90 Å². The van der Waals surface area contributed by atoms with Crippen molar-refractivity contribution < 1.29 is 15.0 Å². The monoisotopic (exact) mass is 285 g/mol. The van der Waals surface area contributed by atoms with E-state index < -0.39 is 5.97 Å². The number of aromatic carboxylic acids is 1. The second-order valence-electron chi connectivity index (χ2n) is 4.40. The quantitative estimate of drug-likeness (QED) is 0.774. The van der Waals surface area contributed by atoms with Gasteiger partial charge in [0.15, 0.2) is 0 Å². The van der Waals surface area contributed by atoms with Crippen LogP contribution < -0.4 is 0 Å². The van der Waals surface area contributed by atoms with Crippen molar-refractivity contribution in [1.82, 2.24) is 4.98 Å².